The Labute approximate surface area is 115 Å². The first-order chi connectivity index (χ1) is 9.49. The van der Waals surface area contributed by atoms with Gasteiger partial charge in [-0.15, -0.1) is 0 Å². The first-order valence-electron chi connectivity index (χ1n) is 6.05. The van der Waals surface area contributed by atoms with Crippen LogP contribution in [0, 0.1) is 0 Å². The fourth-order valence-electron chi connectivity index (χ4n) is 1.65. The highest BCUT2D eigenvalue weighted by Gasteiger charge is 2.24. The number of carbonyl (C=O) groups is 2. The monoisotopic (exact) mass is 277 g/mol. The molecular formula is C13H15N3O4. The largest absolute Gasteiger partial charge is 0.480 e. The molecule has 106 valence electrons. The Kier molecular flexibility index (Phi) is 3.88. The zero-order valence-corrected chi connectivity index (χ0v) is 11.2. The van der Waals surface area contributed by atoms with Crippen LogP contribution in [0.2, 0.25) is 0 Å². The number of aromatic nitrogens is 2. The summed E-state index contributed by atoms with van der Waals surface area (Å²) in [4.78, 5) is 24.0. The third-order valence-electron chi connectivity index (χ3n) is 3.01. The molecule has 0 spiro atoms. The molecule has 0 saturated heterocycles. The number of likely N-dealkylation sites (N-methyl/N-ethyl adjacent to an activating group) is 1. The van der Waals surface area contributed by atoms with Crippen LogP contribution in [0.15, 0.2) is 35.0 Å². The molecule has 2 aromatic heterocycles. The van der Waals surface area contributed by atoms with E-state index < -0.39 is 17.9 Å². The molecule has 0 bridgehead atoms. The maximum absolute atomic E-state index is 12.1. The Morgan fingerprint density at radius 1 is 1.50 bits per heavy atom. The number of aliphatic carboxylic acids is 1. The van der Waals surface area contributed by atoms with Crippen molar-refractivity contribution in [2.45, 2.75) is 19.5 Å². The molecule has 1 atom stereocenters. The Balaban J connectivity index is 2.08. The lowest BCUT2D eigenvalue weighted by atomic mass is 10.3. The molecule has 0 aliphatic heterocycles. The molecule has 0 fully saturated rings. The minimum Gasteiger partial charge on any atom is -0.480 e. The number of hydrogen-bond donors (Lipinski definition) is 1. The Bertz CT molecular complexity index is 603. The van der Waals surface area contributed by atoms with Gasteiger partial charge in [-0.25, -0.2) is 4.79 Å². The normalized spacial score (nSPS) is 12.1. The van der Waals surface area contributed by atoms with Crippen LogP contribution in [0.4, 0.5) is 0 Å². The summed E-state index contributed by atoms with van der Waals surface area (Å²) in [6.45, 7) is 1.85. The van der Waals surface area contributed by atoms with Gasteiger partial charge in [0.25, 0.3) is 5.91 Å². The van der Waals surface area contributed by atoms with Gasteiger partial charge >= 0.3 is 5.97 Å². The van der Waals surface area contributed by atoms with E-state index in [0.717, 1.165) is 4.90 Å². The zero-order chi connectivity index (χ0) is 14.7. The highest BCUT2D eigenvalue weighted by Crippen LogP contribution is 2.12. The van der Waals surface area contributed by atoms with E-state index in [2.05, 4.69) is 5.10 Å². The topological polar surface area (TPSA) is 88.6 Å². The van der Waals surface area contributed by atoms with Gasteiger partial charge in [-0.1, -0.05) is 0 Å². The van der Waals surface area contributed by atoms with E-state index in [4.69, 9.17) is 9.52 Å². The van der Waals surface area contributed by atoms with Crippen molar-refractivity contribution in [3.05, 3.63) is 42.1 Å². The average molecular weight is 277 g/mol. The number of carbonyl (C=O) groups excluding carboxylic acids is 1. The maximum atomic E-state index is 12.1. The van der Waals surface area contributed by atoms with Gasteiger partial charge in [0, 0.05) is 19.4 Å². The van der Waals surface area contributed by atoms with Crippen molar-refractivity contribution in [2.24, 2.45) is 0 Å². The van der Waals surface area contributed by atoms with E-state index in [9.17, 15) is 9.59 Å². The van der Waals surface area contributed by atoms with Gasteiger partial charge in [0.1, 0.15) is 11.8 Å². The van der Waals surface area contributed by atoms with Gasteiger partial charge in [0.05, 0.1) is 6.54 Å². The third kappa shape index (κ3) is 2.87. The standard InChI is InChI=1S/C13H15N3O4/c1-9(13(18)19)15(2)12(17)11-5-4-10(20-11)8-16-7-3-6-14-16/h3-7,9H,8H2,1-2H3,(H,18,19). The van der Waals surface area contributed by atoms with Crippen LogP contribution in [-0.2, 0) is 11.3 Å². The van der Waals surface area contributed by atoms with Crippen LogP contribution < -0.4 is 0 Å². The van der Waals surface area contributed by atoms with Crippen molar-refractivity contribution in [3.63, 3.8) is 0 Å². The smallest absolute Gasteiger partial charge is 0.326 e. The number of carboxylic acids is 1. The summed E-state index contributed by atoms with van der Waals surface area (Å²) < 4.78 is 7.09. The minimum atomic E-state index is -1.07. The summed E-state index contributed by atoms with van der Waals surface area (Å²) in [7, 11) is 1.43. The van der Waals surface area contributed by atoms with Crippen molar-refractivity contribution < 1.29 is 19.1 Å². The summed E-state index contributed by atoms with van der Waals surface area (Å²) in [5.74, 6) is -0.841. The second-order valence-corrected chi connectivity index (χ2v) is 4.40. The molecule has 7 heteroatoms. The van der Waals surface area contributed by atoms with Crippen molar-refractivity contribution >= 4 is 11.9 Å². The second-order valence-electron chi connectivity index (χ2n) is 4.40. The van der Waals surface area contributed by atoms with Crippen molar-refractivity contribution in [1.82, 2.24) is 14.7 Å². The molecule has 2 aromatic rings. The average Bonchev–Trinajstić information content (AvgIpc) is 3.08. The predicted octanol–water partition coefficient (Wildman–Crippen LogP) is 1.07. The zero-order valence-electron chi connectivity index (χ0n) is 11.2. The molecule has 0 aromatic carbocycles. The number of nitrogens with zero attached hydrogens (tertiary/aromatic N) is 3. The number of rotatable bonds is 5. The van der Waals surface area contributed by atoms with Gasteiger partial charge in [0.15, 0.2) is 5.76 Å². The van der Waals surface area contributed by atoms with E-state index in [-0.39, 0.29) is 5.76 Å². The first-order valence-corrected chi connectivity index (χ1v) is 6.05. The van der Waals surface area contributed by atoms with Gasteiger partial charge in [-0.05, 0) is 25.1 Å². The van der Waals surface area contributed by atoms with Crippen LogP contribution in [0.25, 0.3) is 0 Å². The van der Waals surface area contributed by atoms with Crippen LogP contribution in [0.5, 0.6) is 0 Å². The Morgan fingerprint density at radius 2 is 2.25 bits per heavy atom. The number of carboxylic acid groups (broad SMARTS) is 1. The molecule has 0 aliphatic carbocycles. The Morgan fingerprint density at radius 3 is 2.85 bits per heavy atom. The lowest BCUT2D eigenvalue weighted by Crippen LogP contribution is -2.40. The molecule has 20 heavy (non-hydrogen) atoms. The lowest BCUT2D eigenvalue weighted by molar-refractivity contribution is -0.141. The maximum Gasteiger partial charge on any atom is 0.326 e. The molecule has 7 nitrogen and oxygen atoms in total. The quantitative estimate of drug-likeness (QED) is 0.883. The first kappa shape index (κ1) is 13.9. The highest BCUT2D eigenvalue weighted by molar-refractivity contribution is 5.94. The van der Waals surface area contributed by atoms with E-state index in [0.29, 0.717) is 12.3 Å². The van der Waals surface area contributed by atoms with Crippen molar-refractivity contribution in [2.75, 3.05) is 7.05 Å². The lowest BCUT2D eigenvalue weighted by Gasteiger charge is -2.19. The van der Waals surface area contributed by atoms with Crippen molar-refractivity contribution in [3.8, 4) is 0 Å². The SMILES string of the molecule is CC(C(=O)O)N(C)C(=O)c1ccc(Cn2cccn2)o1. The van der Waals surface area contributed by atoms with Gasteiger partial charge in [-0.3, -0.25) is 9.48 Å². The van der Waals surface area contributed by atoms with E-state index in [1.807, 2.05) is 0 Å². The molecule has 0 saturated carbocycles. The fourth-order valence-corrected chi connectivity index (χ4v) is 1.65. The molecular weight excluding hydrogens is 262 g/mol. The number of hydrogen-bond acceptors (Lipinski definition) is 4. The molecule has 1 N–H and O–H groups in total. The molecule has 0 aliphatic rings. The summed E-state index contributed by atoms with van der Waals surface area (Å²) in [6, 6.07) is 4.08. The van der Waals surface area contributed by atoms with Crippen LogP contribution in [0.3, 0.4) is 0 Å². The van der Waals surface area contributed by atoms with E-state index in [1.54, 1.807) is 29.2 Å². The van der Waals surface area contributed by atoms with Crippen LogP contribution in [0.1, 0.15) is 23.2 Å². The van der Waals surface area contributed by atoms with Crippen molar-refractivity contribution in [1.29, 1.82) is 0 Å². The van der Waals surface area contributed by atoms with E-state index >= 15 is 0 Å². The van der Waals surface area contributed by atoms with Gasteiger partial charge in [-0.2, -0.15) is 5.10 Å². The molecule has 2 rings (SSSR count). The second kappa shape index (κ2) is 5.60. The molecule has 0 radical (unpaired) electrons. The molecule has 1 unspecified atom stereocenters. The summed E-state index contributed by atoms with van der Waals surface area (Å²) in [5, 5.41) is 12.9. The molecule has 1 amide bonds. The highest BCUT2D eigenvalue weighted by atomic mass is 16.4. The van der Waals surface area contributed by atoms with Crippen LogP contribution in [-0.4, -0.2) is 44.8 Å². The van der Waals surface area contributed by atoms with Crippen LogP contribution >= 0.6 is 0 Å². The Hall–Kier alpha value is -2.57. The number of amides is 1. The summed E-state index contributed by atoms with van der Waals surface area (Å²) in [5.41, 5.74) is 0. The minimum absolute atomic E-state index is 0.114. The summed E-state index contributed by atoms with van der Waals surface area (Å²) >= 11 is 0. The predicted molar refractivity (Wildman–Crippen MR) is 69.2 cm³/mol. The summed E-state index contributed by atoms with van der Waals surface area (Å²) in [6.07, 6.45) is 3.43. The third-order valence-corrected chi connectivity index (χ3v) is 3.01. The van der Waals surface area contributed by atoms with E-state index in [1.165, 1.54) is 20.0 Å². The fraction of sp³-hybridized carbons (Fsp3) is 0.308. The van der Waals surface area contributed by atoms with Gasteiger partial charge in [0.2, 0.25) is 0 Å². The van der Waals surface area contributed by atoms with Gasteiger partial charge < -0.3 is 14.4 Å². The molecule has 2 heterocycles. The number of furan rings is 1.